The summed E-state index contributed by atoms with van der Waals surface area (Å²) in [4.78, 5) is 0. The number of para-hydroxylation sites is 1. The molecule has 3 aromatic heterocycles. The van der Waals surface area contributed by atoms with Crippen molar-refractivity contribution in [2.24, 2.45) is 0 Å². The van der Waals surface area contributed by atoms with Crippen LogP contribution in [0.4, 0.5) is 22.0 Å². The van der Waals surface area contributed by atoms with Crippen LogP contribution in [0.25, 0.3) is 38.8 Å². The second kappa shape index (κ2) is 8.38. The number of halogens is 5. The van der Waals surface area contributed by atoms with E-state index >= 15 is 0 Å². The smallest absolute Gasteiger partial charge is 0.355 e. The van der Waals surface area contributed by atoms with Crippen molar-refractivity contribution in [3.63, 3.8) is 0 Å². The van der Waals surface area contributed by atoms with Gasteiger partial charge in [-0.25, -0.2) is 13.5 Å². The molecular weight excluding hydrogens is 489 g/mol. The van der Waals surface area contributed by atoms with Crippen LogP contribution in [-0.4, -0.2) is 25.1 Å². The van der Waals surface area contributed by atoms with Gasteiger partial charge in [0.15, 0.2) is 16.5 Å². The van der Waals surface area contributed by atoms with Crippen LogP contribution in [-0.2, 0) is 6.18 Å². The van der Waals surface area contributed by atoms with Gasteiger partial charge in [-0.15, -0.1) is 10.2 Å². The monoisotopic (exact) mass is 503 g/mol. The van der Waals surface area contributed by atoms with Gasteiger partial charge in [0, 0.05) is 5.56 Å². The first-order chi connectivity index (χ1) is 16.7. The molecule has 178 valence electrons. The summed E-state index contributed by atoms with van der Waals surface area (Å²) in [5, 5.41) is 16.4. The molecule has 0 aliphatic heterocycles. The summed E-state index contributed by atoms with van der Waals surface area (Å²) in [6, 6.07) is 9.30. The number of alkyl halides is 3. The molecular formula is C23H14F5N5OS. The van der Waals surface area contributed by atoms with E-state index in [1.807, 2.05) is 0 Å². The SMILES string of the molecule is Cc1nnc(-c2c(-c3c(C)cccc3F)noc2-c2cnn(-c3ccccc3F)c2C(F)(F)F)s1. The molecule has 35 heavy (non-hydrogen) atoms. The zero-order valence-electron chi connectivity index (χ0n) is 18.1. The predicted molar refractivity (Wildman–Crippen MR) is 118 cm³/mol. The van der Waals surface area contributed by atoms with Gasteiger partial charge in [0.05, 0.1) is 17.3 Å². The van der Waals surface area contributed by atoms with Gasteiger partial charge < -0.3 is 4.52 Å². The van der Waals surface area contributed by atoms with Crippen LogP contribution in [0, 0.1) is 25.5 Å². The third-order valence-corrected chi connectivity index (χ3v) is 6.11. The number of rotatable bonds is 4. The van der Waals surface area contributed by atoms with E-state index in [-0.39, 0.29) is 27.6 Å². The Morgan fingerprint density at radius 1 is 0.914 bits per heavy atom. The van der Waals surface area contributed by atoms with E-state index in [1.165, 1.54) is 30.3 Å². The van der Waals surface area contributed by atoms with Crippen LogP contribution in [0.1, 0.15) is 16.3 Å². The summed E-state index contributed by atoms with van der Waals surface area (Å²) in [5.74, 6) is -1.87. The van der Waals surface area contributed by atoms with Crippen molar-refractivity contribution in [2.75, 3.05) is 0 Å². The largest absolute Gasteiger partial charge is 0.434 e. The highest BCUT2D eigenvalue weighted by atomic mass is 32.1. The van der Waals surface area contributed by atoms with Gasteiger partial charge in [-0.05, 0) is 37.6 Å². The highest BCUT2D eigenvalue weighted by Gasteiger charge is 2.42. The molecule has 0 aliphatic carbocycles. The quantitative estimate of drug-likeness (QED) is 0.258. The number of benzene rings is 2. The van der Waals surface area contributed by atoms with Gasteiger partial charge in [-0.1, -0.05) is 40.8 Å². The molecule has 0 unspecified atom stereocenters. The molecule has 0 saturated heterocycles. The maximum absolute atomic E-state index is 14.8. The molecule has 0 saturated carbocycles. The van der Waals surface area contributed by atoms with Crippen LogP contribution >= 0.6 is 11.3 Å². The van der Waals surface area contributed by atoms with Gasteiger partial charge >= 0.3 is 6.18 Å². The summed E-state index contributed by atoms with van der Waals surface area (Å²) in [6.07, 6.45) is -4.05. The standard InChI is InChI=1S/C23H14F5N5OS/c1-11-6-5-8-15(25)17(11)19-18(22-31-30-12(2)35-22)20(34-32-19)13-10-29-33(21(13)23(26,27)28)16-9-4-3-7-14(16)24/h3-10H,1-2H3. The zero-order valence-corrected chi connectivity index (χ0v) is 18.9. The molecule has 3 heterocycles. The lowest BCUT2D eigenvalue weighted by molar-refractivity contribution is -0.142. The number of aryl methyl sites for hydroxylation is 2. The van der Waals surface area contributed by atoms with E-state index in [2.05, 4.69) is 20.5 Å². The Morgan fingerprint density at radius 3 is 2.31 bits per heavy atom. The predicted octanol–water partition coefficient (Wildman–Crippen LogP) is 6.63. The van der Waals surface area contributed by atoms with Crippen molar-refractivity contribution in [1.29, 1.82) is 0 Å². The second-order valence-corrected chi connectivity index (χ2v) is 8.74. The molecule has 0 bridgehead atoms. The van der Waals surface area contributed by atoms with Crippen LogP contribution in [0.2, 0.25) is 0 Å². The van der Waals surface area contributed by atoms with Gasteiger partial charge in [-0.3, -0.25) is 0 Å². The second-order valence-electron chi connectivity index (χ2n) is 7.56. The van der Waals surface area contributed by atoms with E-state index in [0.717, 1.165) is 23.6 Å². The molecule has 0 N–H and O–H groups in total. The van der Waals surface area contributed by atoms with Gasteiger partial charge in [0.2, 0.25) is 0 Å². The molecule has 6 nitrogen and oxygen atoms in total. The molecule has 2 aromatic carbocycles. The van der Waals surface area contributed by atoms with E-state index in [4.69, 9.17) is 4.52 Å². The topological polar surface area (TPSA) is 69.6 Å². The lowest BCUT2D eigenvalue weighted by atomic mass is 9.99. The first kappa shape index (κ1) is 22.8. The molecule has 0 spiro atoms. The van der Waals surface area contributed by atoms with E-state index in [9.17, 15) is 22.0 Å². The Hall–Kier alpha value is -3.93. The zero-order chi connectivity index (χ0) is 24.9. The lowest BCUT2D eigenvalue weighted by Crippen LogP contribution is -2.15. The van der Waals surface area contributed by atoms with Crippen LogP contribution in [0.15, 0.2) is 53.2 Å². The summed E-state index contributed by atoms with van der Waals surface area (Å²) in [6.45, 7) is 3.30. The molecule has 0 aliphatic rings. The maximum atomic E-state index is 14.8. The normalized spacial score (nSPS) is 11.9. The fourth-order valence-corrected chi connectivity index (χ4v) is 4.50. The summed E-state index contributed by atoms with van der Waals surface area (Å²) in [7, 11) is 0. The van der Waals surface area contributed by atoms with Crippen molar-refractivity contribution in [1.82, 2.24) is 25.1 Å². The minimum atomic E-state index is -4.96. The summed E-state index contributed by atoms with van der Waals surface area (Å²) in [5.41, 5.74) is -1.63. The molecule has 0 amide bonds. The number of hydrogen-bond donors (Lipinski definition) is 0. The van der Waals surface area contributed by atoms with Crippen molar-refractivity contribution >= 4 is 11.3 Å². The third-order valence-electron chi connectivity index (χ3n) is 5.25. The van der Waals surface area contributed by atoms with E-state index in [0.29, 0.717) is 15.3 Å². The number of aromatic nitrogens is 5. The van der Waals surface area contributed by atoms with Crippen LogP contribution in [0.5, 0.6) is 0 Å². The Balaban J connectivity index is 1.83. The molecule has 5 aromatic rings. The van der Waals surface area contributed by atoms with Crippen molar-refractivity contribution in [3.8, 4) is 38.8 Å². The highest BCUT2D eigenvalue weighted by molar-refractivity contribution is 7.14. The number of hydrogen-bond acceptors (Lipinski definition) is 6. The minimum absolute atomic E-state index is 0.0292. The number of nitrogens with zero attached hydrogens (tertiary/aromatic N) is 5. The highest BCUT2D eigenvalue weighted by Crippen LogP contribution is 2.46. The van der Waals surface area contributed by atoms with Crippen LogP contribution in [0.3, 0.4) is 0 Å². The first-order valence-corrected chi connectivity index (χ1v) is 10.9. The Kier molecular flexibility index (Phi) is 5.47. The van der Waals surface area contributed by atoms with Crippen molar-refractivity contribution < 1.29 is 26.5 Å². The molecule has 0 radical (unpaired) electrons. The van der Waals surface area contributed by atoms with Gasteiger partial charge in [-0.2, -0.15) is 18.3 Å². The summed E-state index contributed by atoms with van der Waals surface area (Å²) >= 11 is 1.08. The maximum Gasteiger partial charge on any atom is 0.434 e. The van der Waals surface area contributed by atoms with E-state index < -0.39 is 34.8 Å². The van der Waals surface area contributed by atoms with Crippen LogP contribution < -0.4 is 0 Å². The Labute approximate surface area is 198 Å². The van der Waals surface area contributed by atoms with Gasteiger partial charge in [0.25, 0.3) is 0 Å². The minimum Gasteiger partial charge on any atom is -0.355 e. The Bertz CT molecular complexity index is 1530. The fourth-order valence-electron chi connectivity index (χ4n) is 3.77. The lowest BCUT2D eigenvalue weighted by Gasteiger charge is -2.13. The van der Waals surface area contributed by atoms with Crippen molar-refractivity contribution in [3.05, 3.63) is 76.6 Å². The average Bonchev–Trinajstić information content (AvgIpc) is 3.51. The summed E-state index contributed by atoms with van der Waals surface area (Å²) < 4.78 is 78.0. The Morgan fingerprint density at radius 2 is 1.66 bits per heavy atom. The van der Waals surface area contributed by atoms with Crippen molar-refractivity contribution in [2.45, 2.75) is 20.0 Å². The average molecular weight is 503 g/mol. The fraction of sp³-hybridized carbons (Fsp3) is 0.130. The molecule has 12 heteroatoms. The molecule has 0 fully saturated rings. The molecule has 5 rings (SSSR count). The molecule has 0 atom stereocenters. The van der Waals surface area contributed by atoms with E-state index in [1.54, 1.807) is 19.9 Å². The first-order valence-electron chi connectivity index (χ1n) is 10.1. The van der Waals surface area contributed by atoms with Gasteiger partial charge in [0.1, 0.15) is 28.0 Å². The third kappa shape index (κ3) is 3.89.